The van der Waals surface area contributed by atoms with Crippen LogP contribution >= 0.6 is 0 Å². The number of hydrogen-bond donors (Lipinski definition) is 0. The molecule has 24 heavy (non-hydrogen) atoms. The number of pyridine rings is 1. The van der Waals surface area contributed by atoms with E-state index in [9.17, 15) is 14.4 Å². The Morgan fingerprint density at radius 2 is 1.92 bits per heavy atom. The van der Waals surface area contributed by atoms with Crippen LogP contribution in [0.5, 0.6) is 0 Å². The van der Waals surface area contributed by atoms with Crippen molar-refractivity contribution in [3.05, 3.63) is 46.9 Å². The summed E-state index contributed by atoms with van der Waals surface area (Å²) in [7, 11) is 1.68. The van der Waals surface area contributed by atoms with Crippen molar-refractivity contribution < 1.29 is 14.3 Å². The van der Waals surface area contributed by atoms with Crippen LogP contribution in [0.15, 0.2) is 41.3 Å². The summed E-state index contributed by atoms with van der Waals surface area (Å²) in [6, 6.07) is 9.13. The van der Waals surface area contributed by atoms with Gasteiger partial charge in [-0.2, -0.15) is 0 Å². The van der Waals surface area contributed by atoms with Crippen molar-refractivity contribution in [2.75, 3.05) is 26.7 Å². The SMILES string of the molecule is CN1CC2(CN(C(=O)Cn3ccc4ccccc4c3=O)C2)OC1=O. The zero-order chi connectivity index (χ0) is 16.9. The fraction of sp³-hybridized carbons (Fsp3) is 0.353. The van der Waals surface area contributed by atoms with Gasteiger partial charge in [-0.15, -0.1) is 0 Å². The van der Waals surface area contributed by atoms with Gasteiger partial charge in [0.15, 0.2) is 5.60 Å². The van der Waals surface area contributed by atoms with E-state index in [4.69, 9.17) is 4.74 Å². The summed E-state index contributed by atoms with van der Waals surface area (Å²) in [5.74, 6) is -0.149. The first-order valence-corrected chi connectivity index (χ1v) is 7.78. The van der Waals surface area contributed by atoms with Crippen LogP contribution in [-0.2, 0) is 16.1 Å². The van der Waals surface area contributed by atoms with E-state index in [1.165, 1.54) is 9.47 Å². The second-order valence-electron chi connectivity index (χ2n) is 6.49. The highest BCUT2D eigenvalue weighted by Gasteiger charge is 2.54. The van der Waals surface area contributed by atoms with E-state index < -0.39 is 5.60 Å². The van der Waals surface area contributed by atoms with Gasteiger partial charge in [0.25, 0.3) is 5.56 Å². The molecule has 7 nitrogen and oxygen atoms in total. The lowest BCUT2D eigenvalue weighted by Crippen LogP contribution is -2.65. The molecule has 3 heterocycles. The second-order valence-corrected chi connectivity index (χ2v) is 6.49. The Morgan fingerprint density at radius 1 is 1.17 bits per heavy atom. The normalized spacial score (nSPS) is 18.8. The standard InChI is InChI=1S/C17H17N3O4/c1-18-9-17(24-16(18)23)10-20(11-17)14(21)8-19-7-6-12-4-2-3-5-13(12)15(19)22/h2-7H,8-11H2,1H3. The molecule has 0 unspecified atom stereocenters. The molecule has 1 spiro atoms. The lowest BCUT2D eigenvalue weighted by Gasteiger charge is -2.45. The van der Waals surface area contributed by atoms with Crippen molar-refractivity contribution in [1.29, 1.82) is 0 Å². The number of hydrogen-bond acceptors (Lipinski definition) is 4. The average molecular weight is 327 g/mol. The summed E-state index contributed by atoms with van der Waals surface area (Å²) >= 11 is 0. The molecule has 0 radical (unpaired) electrons. The first-order chi connectivity index (χ1) is 11.5. The summed E-state index contributed by atoms with van der Waals surface area (Å²) < 4.78 is 6.75. The lowest BCUT2D eigenvalue weighted by atomic mass is 9.94. The van der Waals surface area contributed by atoms with Gasteiger partial charge in [0.2, 0.25) is 5.91 Å². The van der Waals surface area contributed by atoms with E-state index in [2.05, 4.69) is 0 Å². The van der Waals surface area contributed by atoms with Crippen LogP contribution in [0, 0.1) is 0 Å². The summed E-state index contributed by atoms with van der Waals surface area (Å²) in [5, 5.41) is 1.45. The maximum Gasteiger partial charge on any atom is 0.410 e. The molecule has 2 aliphatic rings. The Kier molecular flexibility index (Phi) is 3.13. The number of rotatable bonds is 2. The Balaban J connectivity index is 1.47. The minimum atomic E-state index is -0.574. The van der Waals surface area contributed by atoms with Gasteiger partial charge in [0.05, 0.1) is 19.6 Å². The fourth-order valence-electron chi connectivity index (χ4n) is 3.38. The smallest absolute Gasteiger partial charge is 0.410 e. The number of benzene rings is 1. The Labute approximate surface area is 138 Å². The minimum Gasteiger partial charge on any atom is -0.437 e. The predicted molar refractivity (Wildman–Crippen MR) is 86.6 cm³/mol. The molecule has 1 aromatic heterocycles. The average Bonchev–Trinajstić information content (AvgIpc) is 2.84. The molecule has 0 N–H and O–H groups in total. The van der Waals surface area contributed by atoms with E-state index in [0.29, 0.717) is 25.0 Å². The molecule has 2 fully saturated rings. The van der Waals surface area contributed by atoms with Gasteiger partial charge in [0, 0.05) is 18.6 Å². The van der Waals surface area contributed by atoms with Gasteiger partial charge in [-0.3, -0.25) is 9.59 Å². The lowest BCUT2D eigenvalue weighted by molar-refractivity contribution is -0.150. The molecule has 2 aromatic rings. The van der Waals surface area contributed by atoms with E-state index in [-0.39, 0.29) is 24.1 Å². The number of likely N-dealkylation sites (N-methyl/N-ethyl adjacent to an activating group) is 1. The predicted octanol–water partition coefficient (Wildman–Crippen LogP) is 0.664. The molecule has 0 bridgehead atoms. The van der Waals surface area contributed by atoms with Crippen LogP contribution < -0.4 is 5.56 Å². The van der Waals surface area contributed by atoms with Crippen LogP contribution in [0.3, 0.4) is 0 Å². The van der Waals surface area contributed by atoms with Gasteiger partial charge < -0.3 is 19.1 Å². The zero-order valence-corrected chi connectivity index (χ0v) is 13.3. The second kappa shape index (κ2) is 5.09. The van der Waals surface area contributed by atoms with Crippen molar-refractivity contribution in [3.63, 3.8) is 0 Å². The van der Waals surface area contributed by atoms with Crippen molar-refractivity contribution >= 4 is 22.8 Å². The molecule has 1 aromatic carbocycles. The van der Waals surface area contributed by atoms with Crippen molar-refractivity contribution in [1.82, 2.24) is 14.4 Å². The van der Waals surface area contributed by atoms with Crippen LogP contribution in [0.2, 0.25) is 0 Å². The summed E-state index contributed by atoms with van der Waals surface area (Å²) in [6.45, 7) is 1.24. The molecule has 4 rings (SSSR count). The maximum absolute atomic E-state index is 12.4. The molecule has 124 valence electrons. The van der Waals surface area contributed by atoms with Crippen molar-refractivity contribution in [2.24, 2.45) is 0 Å². The number of fused-ring (bicyclic) bond motifs is 1. The summed E-state index contributed by atoms with van der Waals surface area (Å²) in [5.41, 5.74) is -0.751. The van der Waals surface area contributed by atoms with Gasteiger partial charge in [-0.25, -0.2) is 4.79 Å². The van der Waals surface area contributed by atoms with Crippen LogP contribution in [0.1, 0.15) is 0 Å². The summed E-state index contributed by atoms with van der Waals surface area (Å²) in [6.07, 6.45) is 1.29. The zero-order valence-electron chi connectivity index (χ0n) is 13.3. The van der Waals surface area contributed by atoms with Gasteiger partial charge >= 0.3 is 6.09 Å². The Bertz CT molecular complexity index is 898. The van der Waals surface area contributed by atoms with E-state index in [1.54, 1.807) is 30.3 Å². The minimum absolute atomic E-state index is 0.0104. The number of amides is 2. The number of carbonyl (C=O) groups is 2. The molecule has 0 saturated carbocycles. The molecular weight excluding hydrogens is 310 g/mol. The Morgan fingerprint density at radius 3 is 2.62 bits per heavy atom. The number of carbonyl (C=O) groups excluding carboxylic acids is 2. The van der Waals surface area contributed by atoms with E-state index in [0.717, 1.165) is 5.39 Å². The number of ether oxygens (including phenoxy) is 1. The highest BCUT2D eigenvalue weighted by molar-refractivity contribution is 5.82. The van der Waals surface area contributed by atoms with Crippen LogP contribution in [0.4, 0.5) is 4.79 Å². The Hall–Kier alpha value is -2.83. The fourth-order valence-corrected chi connectivity index (χ4v) is 3.38. The molecule has 2 aliphatic heterocycles. The van der Waals surface area contributed by atoms with Gasteiger partial charge in [-0.05, 0) is 17.5 Å². The number of nitrogens with zero attached hydrogens (tertiary/aromatic N) is 3. The number of aromatic nitrogens is 1. The first-order valence-electron chi connectivity index (χ1n) is 7.78. The maximum atomic E-state index is 12.4. The quantitative estimate of drug-likeness (QED) is 0.812. The third kappa shape index (κ3) is 2.24. The largest absolute Gasteiger partial charge is 0.437 e. The molecule has 2 saturated heterocycles. The molecule has 0 atom stereocenters. The molecule has 0 aliphatic carbocycles. The van der Waals surface area contributed by atoms with Gasteiger partial charge in [-0.1, -0.05) is 18.2 Å². The van der Waals surface area contributed by atoms with Gasteiger partial charge in [0.1, 0.15) is 6.54 Å². The van der Waals surface area contributed by atoms with Crippen molar-refractivity contribution in [2.45, 2.75) is 12.1 Å². The van der Waals surface area contributed by atoms with Crippen molar-refractivity contribution in [3.8, 4) is 0 Å². The van der Waals surface area contributed by atoms with E-state index in [1.807, 2.05) is 18.2 Å². The highest BCUT2D eigenvalue weighted by Crippen LogP contribution is 2.31. The summed E-state index contributed by atoms with van der Waals surface area (Å²) in [4.78, 5) is 39.4. The topological polar surface area (TPSA) is 71.8 Å². The molecule has 7 heteroatoms. The first kappa shape index (κ1) is 14.7. The van der Waals surface area contributed by atoms with E-state index >= 15 is 0 Å². The van der Waals surface area contributed by atoms with Crippen LogP contribution in [0.25, 0.3) is 10.8 Å². The number of likely N-dealkylation sites (tertiary alicyclic amines) is 1. The monoisotopic (exact) mass is 327 g/mol. The van der Waals surface area contributed by atoms with Crippen LogP contribution in [-0.4, -0.2) is 58.7 Å². The third-order valence-corrected chi connectivity index (χ3v) is 4.64. The third-order valence-electron chi connectivity index (χ3n) is 4.64. The highest BCUT2D eigenvalue weighted by atomic mass is 16.6. The molecule has 2 amide bonds. The molecular formula is C17H17N3O4.